The SMILES string of the molecule is C[C@@H](NC(=O)CCc1ccccc1)c1nnc2n1CCN(Cc1ccc(F)c(F)c1)CC2. The van der Waals surface area contributed by atoms with E-state index in [-0.39, 0.29) is 11.9 Å². The highest BCUT2D eigenvalue weighted by Gasteiger charge is 2.23. The van der Waals surface area contributed by atoms with Gasteiger partial charge in [0, 0.05) is 39.0 Å². The molecule has 1 aliphatic rings. The number of nitrogens with zero attached hydrogens (tertiary/aromatic N) is 4. The van der Waals surface area contributed by atoms with Crippen molar-refractivity contribution in [3.63, 3.8) is 0 Å². The van der Waals surface area contributed by atoms with Crippen LogP contribution in [0.25, 0.3) is 0 Å². The van der Waals surface area contributed by atoms with Crippen LogP contribution in [0.3, 0.4) is 0 Å². The Kier molecular flexibility index (Phi) is 6.90. The number of fused-ring (bicyclic) bond motifs is 1. The van der Waals surface area contributed by atoms with Gasteiger partial charge in [-0.2, -0.15) is 0 Å². The van der Waals surface area contributed by atoms with E-state index in [0.717, 1.165) is 41.9 Å². The number of amides is 1. The summed E-state index contributed by atoms with van der Waals surface area (Å²) in [6.07, 6.45) is 1.80. The topological polar surface area (TPSA) is 63.1 Å². The minimum atomic E-state index is -0.833. The number of nitrogens with one attached hydrogen (secondary N) is 1. The van der Waals surface area contributed by atoms with Gasteiger partial charge in [-0.15, -0.1) is 10.2 Å². The number of aryl methyl sites for hydroxylation is 1. The number of aromatic nitrogens is 3. The van der Waals surface area contributed by atoms with Crippen molar-refractivity contribution in [2.75, 3.05) is 13.1 Å². The number of carbonyl (C=O) groups is 1. The highest BCUT2D eigenvalue weighted by Crippen LogP contribution is 2.18. The van der Waals surface area contributed by atoms with Crippen molar-refractivity contribution in [1.29, 1.82) is 0 Å². The van der Waals surface area contributed by atoms with E-state index in [4.69, 9.17) is 0 Å². The molecule has 2 aromatic carbocycles. The van der Waals surface area contributed by atoms with Gasteiger partial charge < -0.3 is 9.88 Å². The molecule has 1 atom stereocenters. The fraction of sp³-hybridized carbons (Fsp3) is 0.375. The summed E-state index contributed by atoms with van der Waals surface area (Å²) in [6.45, 7) is 4.60. The zero-order valence-electron chi connectivity index (χ0n) is 18.1. The van der Waals surface area contributed by atoms with E-state index >= 15 is 0 Å². The highest BCUT2D eigenvalue weighted by atomic mass is 19.2. The van der Waals surface area contributed by atoms with Crippen LogP contribution in [0.1, 0.15) is 42.2 Å². The van der Waals surface area contributed by atoms with Crippen molar-refractivity contribution in [3.05, 3.63) is 82.9 Å². The fourth-order valence-electron chi connectivity index (χ4n) is 4.04. The summed E-state index contributed by atoms with van der Waals surface area (Å²) >= 11 is 0. The van der Waals surface area contributed by atoms with Crippen LogP contribution in [0.2, 0.25) is 0 Å². The minimum absolute atomic E-state index is 0.0210. The van der Waals surface area contributed by atoms with Crippen molar-refractivity contribution in [2.24, 2.45) is 0 Å². The zero-order valence-corrected chi connectivity index (χ0v) is 18.1. The average molecular weight is 440 g/mol. The molecule has 32 heavy (non-hydrogen) atoms. The minimum Gasteiger partial charge on any atom is -0.346 e. The van der Waals surface area contributed by atoms with Crippen LogP contribution in [-0.2, 0) is 30.7 Å². The third-order valence-electron chi connectivity index (χ3n) is 5.79. The Morgan fingerprint density at radius 1 is 1.03 bits per heavy atom. The van der Waals surface area contributed by atoms with Gasteiger partial charge in [0.1, 0.15) is 5.82 Å². The van der Waals surface area contributed by atoms with Gasteiger partial charge >= 0.3 is 0 Å². The number of halogens is 2. The van der Waals surface area contributed by atoms with Crippen LogP contribution in [-0.4, -0.2) is 38.7 Å². The third-order valence-corrected chi connectivity index (χ3v) is 5.79. The first-order chi connectivity index (χ1) is 15.5. The first-order valence-electron chi connectivity index (χ1n) is 10.9. The van der Waals surface area contributed by atoms with Gasteiger partial charge in [-0.25, -0.2) is 8.78 Å². The van der Waals surface area contributed by atoms with Crippen molar-refractivity contribution in [3.8, 4) is 0 Å². The molecule has 0 saturated heterocycles. The lowest BCUT2D eigenvalue weighted by atomic mass is 10.1. The Balaban J connectivity index is 1.34. The summed E-state index contributed by atoms with van der Waals surface area (Å²) in [6, 6.07) is 13.7. The fourth-order valence-corrected chi connectivity index (χ4v) is 4.04. The molecule has 4 rings (SSSR count). The second-order valence-electron chi connectivity index (χ2n) is 8.18. The van der Waals surface area contributed by atoms with Crippen molar-refractivity contribution in [2.45, 2.75) is 45.3 Å². The summed E-state index contributed by atoms with van der Waals surface area (Å²) in [5.74, 6) is -0.0676. The number of carbonyl (C=O) groups excluding carboxylic acids is 1. The molecule has 0 radical (unpaired) electrons. The van der Waals surface area contributed by atoms with Crippen LogP contribution in [0, 0.1) is 11.6 Å². The Labute approximate surface area is 186 Å². The third kappa shape index (κ3) is 5.37. The summed E-state index contributed by atoms with van der Waals surface area (Å²) < 4.78 is 28.8. The van der Waals surface area contributed by atoms with Gasteiger partial charge in [-0.1, -0.05) is 36.4 Å². The van der Waals surface area contributed by atoms with E-state index in [1.807, 2.05) is 37.3 Å². The van der Waals surface area contributed by atoms with Gasteiger partial charge in [0.05, 0.1) is 6.04 Å². The second-order valence-corrected chi connectivity index (χ2v) is 8.18. The van der Waals surface area contributed by atoms with Gasteiger partial charge in [-0.3, -0.25) is 9.69 Å². The molecular formula is C24H27F2N5O. The maximum absolute atomic E-state index is 13.5. The molecular weight excluding hydrogens is 412 g/mol. The molecule has 0 fully saturated rings. The van der Waals surface area contributed by atoms with E-state index in [1.54, 1.807) is 6.07 Å². The van der Waals surface area contributed by atoms with E-state index in [9.17, 15) is 13.6 Å². The number of hydrogen-bond acceptors (Lipinski definition) is 4. The maximum Gasteiger partial charge on any atom is 0.220 e. The van der Waals surface area contributed by atoms with E-state index in [0.29, 0.717) is 32.4 Å². The molecule has 0 saturated carbocycles. The number of rotatable bonds is 7. The van der Waals surface area contributed by atoms with Crippen molar-refractivity contribution >= 4 is 5.91 Å². The zero-order chi connectivity index (χ0) is 22.5. The predicted octanol–water partition coefficient (Wildman–Crippen LogP) is 3.42. The number of hydrogen-bond donors (Lipinski definition) is 1. The quantitative estimate of drug-likeness (QED) is 0.613. The van der Waals surface area contributed by atoms with E-state index in [1.165, 1.54) is 6.07 Å². The first-order valence-corrected chi connectivity index (χ1v) is 10.9. The van der Waals surface area contributed by atoms with Gasteiger partial charge in [0.25, 0.3) is 0 Å². The highest BCUT2D eigenvalue weighted by molar-refractivity contribution is 5.76. The monoisotopic (exact) mass is 439 g/mol. The first kappa shape index (κ1) is 22.1. The molecule has 168 valence electrons. The van der Waals surface area contributed by atoms with Crippen LogP contribution >= 0.6 is 0 Å². The molecule has 6 nitrogen and oxygen atoms in total. The van der Waals surface area contributed by atoms with E-state index in [2.05, 4.69) is 25.0 Å². The maximum atomic E-state index is 13.5. The van der Waals surface area contributed by atoms with Gasteiger partial charge in [-0.05, 0) is 36.6 Å². The van der Waals surface area contributed by atoms with Crippen LogP contribution in [0.5, 0.6) is 0 Å². The second kappa shape index (κ2) is 9.99. The largest absolute Gasteiger partial charge is 0.346 e. The molecule has 0 unspecified atom stereocenters. The lowest BCUT2D eigenvalue weighted by Crippen LogP contribution is -2.30. The summed E-state index contributed by atoms with van der Waals surface area (Å²) in [5.41, 5.74) is 1.87. The van der Waals surface area contributed by atoms with Crippen molar-refractivity contribution < 1.29 is 13.6 Å². The molecule has 2 heterocycles. The predicted molar refractivity (Wildman–Crippen MR) is 117 cm³/mol. The Morgan fingerprint density at radius 2 is 1.84 bits per heavy atom. The van der Waals surface area contributed by atoms with Gasteiger partial charge in [0.15, 0.2) is 17.5 Å². The summed E-state index contributed by atoms with van der Waals surface area (Å²) in [7, 11) is 0. The Bertz CT molecular complexity index is 1070. The van der Waals surface area contributed by atoms with E-state index < -0.39 is 11.6 Å². The van der Waals surface area contributed by atoms with Crippen molar-refractivity contribution in [1.82, 2.24) is 25.0 Å². The molecule has 1 aromatic heterocycles. The number of benzene rings is 2. The lowest BCUT2D eigenvalue weighted by molar-refractivity contribution is -0.121. The molecule has 3 aromatic rings. The normalized spacial score (nSPS) is 15.1. The molecule has 1 amide bonds. The molecule has 1 N–H and O–H groups in total. The Hall–Kier alpha value is -3.13. The summed E-state index contributed by atoms with van der Waals surface area (Å²) in [4.78, 5) is 14.6. The smallest absolute Gasteiger partial charge is 0.220 e. The Morgan fingerprint density at radius 3 is 2.62 bits per heavy atom. The summed E-state index contributed by atoms with van der Waals surface area (Å²) in [5, 5.41) is 11.7. The molecule has 0 spiro atoms. The standard InChI is InChI=1S/C24H27F2N5O/c1-17(27-23(32)10-8-18-5-3-2-4-6-18)24-29-28-22-11-12-30(13-14-31(22)24)16-19-7-9-20(25)21(26)15-19/h2-7,9,15,17H,8,10-14,16H2,1H3,(H,27,32)/t17-/m1/s1. The van der Waals surface area contributed by atoms with Crippen LogP contribution < -0.4 is 5.32 Å². The molecule has 0 aliphatic carbocycles. The lowest BCUT2D eigenvalue weighted by Gasteiger charge is -2.20. The van der Waals surface area contributed by atoms with Crippen LogP contribution in [0.15, 0.2) is 48.5 Å². The molecule has 8 heteroatoms. The molecule has 1 aliphatic heterocycles. The van der Waals surface area contributed by atoms with Crippen LogP contribution in [0.4, 0.5) is 8.78 Å². The van der Waals surface area contributed by atoms with Gasteiger partial charge in [0.2, 0.25) is 5.91 Å². The average Bonchev–Trinajstić information content (AvgIpc) is 3.10. The molecule has 0 bridgehead atoms.